The van der Waals surface area contributed by atoms with Crippen LogP contribution >= 0.6 is 11.8 Å². The number of rotatable bonds is 5. The Bertz CT molecular complexity index is 506. The van der Waals surface area contributed by atoms with E-state index in [9.17, 15) is 9.90 Å². The minimum Gasteiger partial charge on any atom is -0.391 e. The molecule has 4 nitrogen and oxygen atoms in total. The van der Waals surface area contributed by atoms with Gasteiger partial charge in [-0.15, -0.1) is 11.8 Å². The monoisotopic (exact) mass is 322 g/mol. The molecule has 0 radical (unpaired) electrons. The lowest BCUT2D eigenvalue weighted by Crippen LogP contribution is -2.37. The number of anilines is 1. The van der Waals surface area contributed by atoms with Crippen molar-refractivity contribution in [3.63, 3.8) is 0 Å². The van der Waals surface area contributed by atoms with E-state index in [1.54, 1.807) is 23.7 Å². The summed E-state index contributed by atoms with van der Waals surface area (Å²) in [4.78, 5) is 14.8. The van der Waals surface area contributed by atoms with E-state index in [-0.39, 0.29) is 10.8 Å². The minimum absolute atomic E-state index is 0.171. The SMILES string of the molecule is CN(CC(O)C1CC1)C(=O)Nc1ccc(SC(C)(C)C)cc1. The van der Waals surface area contributed by atoms with Gasteiger partial charge >= 0.3 is 6.03 Å². The summed E-state index contributed by atoms with van der Waals surface area (Å²) < 4.78 is 0.171. The average molecular weight is 322 g/mol. The molecule has 0 saturated heterocycles. The van der Waals surface area contributed by atoms with Crippen molar-refractivity contribution in [3.05, 3.63) is 24.3 Å². The van der Waals surface area contributed by atoms with E-state index < -0.39 is 6.10 Å². The molecule has 2 rings (SSSR count). The van der Waals surface area contributed by atoms with E-state index >= 15 is 0 Å². The fourth-order valence-electron chi connectivity index (χ4n) is 2.17. The van der Waals surface area contributed by atoms with Gasteiger partial charge in [-0.2, -0.15) is 0 Å². The Hall–Kier alpha value is -1.20. The Kier molecular flexibility index (Phi) is 5.40. The van der Waals surface area contributed by atoms with Crippen LogP contribution in [0.3, 0.4) is 0 Å². The molecule has 0 spiro atoms. The maximum atomic E-state index is 12.1. The Morgan fingerprint density at radius 2 is 1.95 bits per heavy atom. The number of benzene rings is 1. The standard InChI is InChI=1S/C17H26N2O2S/c1-17(2,3)22-14-9-7-13(8-10-14)18-16(21)19(4)11-15(20)12-5-6-12/h7-10,12,15,20H,5-6,11H2,1-4H3,(H,18,21). The molecule has 2 amide bonds. The summed E-state index contributed by atoms with van der Waals surface area (Å²) >= 11 is 1.80. The normalized spacial score (nSPS) is 16.2. The van der Waals surface area contributed by atoms with E-state index in [0.29, 0.717) is 12.5 Å². The van der Waals surface area contributed by atoms with Crippen molar-refractivity contribution in [1.29, 1.82) is 0 Å². The number of carbonyl (C=O) groups excluding carboxylic acids is 1. The first kappa shape index (κ1) is 17.2. The van der Waals surface area contributed by atoms with Crippen LogP contribution in [-0.4, -0.2) is 40.5 Å². The molecule has 1 aromatic rings. The molecular formula is C17H26N2O2S. The van der Waals surface area contributed by atoms with Crippen LogP contribution in [0.4, 0.5) is 10.5 Å². The summed E-state index contributed by atoms with van der Waals surface area (Å²) in [5.41, 5.74) is 0.774. The number of likely N-dealkylation sites (N-methyl/N-ethyl adjacent to an activating group) is 1. The molecule has 0 aromatic heterocycles. The summed E-state index contributed by atoms with van der Waals surface area (Å²) in [6.07, 6.45) is 1.74. The Labute approximate surface area is 137 Å². The lowest BCUT2D eigenvalue weighted by molar-refractivity contribution is 0.117. The number of nitrogens with one attached hydrogen (secondary N) is 1. The first-order valence-corrected chi connectivity index (χ1v) is 8.55. The number of aliphatic hydroxyl groups is 1. The van der Waals surface area contributed by atoms with Crippen molar-refractivity contribution in [3.8, 4) is 0 Å². The predicted octanol–water partition coefficient (Wildman–Crippen LogP) is 3.81. The molecule has 1 unspecified atom stereocenters. The summed E-state index contributed by atoms with van der Waals surface area (Å²) in [6.45, 7) is 6.91. The lowest BCUT2D eigenvalue weighted by Gasteiger charge is -2.21. The molecule has 0 heterocycles. The molecule has 1 atom stereocenters. The highest BCUT2D eigenvalue weighted by Crippen LogP contribution is 2.33. The second-order valence-corrected chi connectivity index (χ2v) is 8.85. The van der Waals surface area contributed by atoms with Crippen molar-refractivity contribution >= 4 is 23.5 Å². The van der Waals surface area contributed by atoms with Gasteiger partial charge in [0.2, 0.25) is 0 Å². The van der Waals surface area contributed by atoms with Crippen LogP contribution in [0.5, 0.6) is 0 Å². The lowest BCUT2D eigenvalue weighted by atomic mass is 10.2. The van der Waals surface area contributed by atoms with Gasteiger partial charge in [-0.25, -0.2) is 4.79 Å². The van der Waals surface area contributed by atoms with Crippen LogP contribution in [-0.2, 0) is 0 Å². The molecule has 0 bridgehead atoms. The minimum atomic E-state index is -0.402. The van der Waals surface area contributed by atoms with Crippen molar-refractivity contribution in [1.82, 2.24) is 4.90 Å². The number of amides is 2. The first-order chi connectivity index (χ1) is 10.2. The van der Waals surface area contributed by atoms with Gasteiger partial charge < -0.3 is 15.3 Å². The first-order valence-electron chi connectivity index (χ1n) is 7.74. The van der Waals surface area contributed by atoms with E-state index in [4.69, 9.17) is 0 Å². The Morgan fingerprint density at radius 1 is 1.36 bits per heavy atom. The topological polar surface area (TPSA) is 52.6 Å². The van der Waals surface area contributed by atoms with Crippen molar-refractivity contribution in [2.45, 2.75) is 49.4 Å². The number of nitrogens with zero attached hydrogens (tertiary/aromatic N) is 1. The molecule has 2 N–H and O–H groups in total. The number of urea groups is 1. The van der Waals surface area contributed by atoms with E-state index in [1.165, 1.54) is 4.90 Å². The van der Waals surface area contributed by atoms with Gasteiger partial charge in [-0.1, -0.05) is 20.8 Å². The zero-order chi connectivity index (χ0) is 16.3. The van der Waals surface area contributed by atoms with Gasteiger partial charge in [-0.05, 0) is 43.0 Å². The number of hydrogen-bond acceptors (Lipinski definition) is 3. The fraction of sp³-hybridized carbons (Fsp3) is 0.588. The summed E-state index contributed by atoms with van der Waals surface area (Å²) in [6, 6.07) is 7.68. The molecule has 1 aliphatic rings. The largest absolute Gasteiger partial charge is 0.391 e. The van der Waals surface area contributed by atoms with Crippen LogP contribution in [0, 0.1) is 5.92 Å². The second-order valence-electron chi connectivity index (χ2n) is 6.95. The highest BCUT2D eigenvalue weighted by Gasteiger charge is 2.31. The van der Waals surface area contributed by atoms with Crippen LogP contribution in [0.25, 0.3) is 0 Å². The molecule has 5 heteroatoms. The summed E-state index contributed by atoms with van der Waals surface area (Å²) in [5.74, 6) is 0.379. The van der Waals surface area contributed by atoms with E-state index in [1.807, 2.05) is 24.3 Å². The van der Waals surface area contributed by atoms with Crippen molar-refractivity contribution in [2.24, 2.45) is 5.92 Å². The summed E-state index contributed by atoms with van der Waals surface area (Å²) in [7, 11) is 1.71. The van der Waals surface area contributed by atoms with Gasteiger partial charge in [0.15, 0.2) is 0 Å². The molecule has 122 valence electrons. The molecule has 1 saturated carbocycles. The molecule has 22 heavy (non-hydrogen) atoms. The maximum Gasteiger partial charge on any atom is 0.321 e. The van der Waals surface area contributed by atoms with Gasteiger partial charge in [0.05, 0.1) is 6.10 Å². The van der Waals surface area contributed by atoms with E-state index in [2.05, 4.69) is 26.1 Å². The van der Waals surface area contributed by atoms with Crippen molar-refractivity contribution in [2.75, 3.05) is 18.9 Å². The average Bonchev–Trinajstić information content (AvgIpc) is 3.23. The Balaban J connectivity index is 1.85. The van der Waals surface area contributed by atoms with E-state index in [0.717, 1.165) is 18.5 Å². The number of aliphatic hydroxyl groups excluding tert-OH is 1. The Morgan fingerprint density at radius 3 is 2.45 bits per heavy atom. The van der Waals surface area contributed by atoms with Gasteiger partial charge in [0.25, 0.3) is 0 Å². The van der Waals surface area contributed by atoms with Crippen LogP contribution < -0.4 is 5.32 Å². The maximum absolute atomic E-state index is 12.1. The number of thioether (sulfide) groups is 1. The number of hydrogen-bond donors (Lipinski definition) is 2. The van der Waals surface area contributed by atoms with Gasteiger partial charge in [-0.3, -0.25) is 0 Å². The third-order valence-corrected chi connectivity index (χ3v) is 4.62. The third kappa shape index (κ3) is 5.54. The smallest absolute Gasteiger partial charge is 0.321 e. The summed E-state index contributed by atoms with van der Waals surface area (Å²) in [5, 5.41) is 12.8. The third-order valence-electron chi connectivity index (χ3n) is 3.50. The quantitative estimate of drug-likeness (QED) is 0.811. The molecule has 1 aliphatic carbocycles. The van der Waals surface area contributed by atoms with Gasteiger partial charge in [0.1, 0.15) is 0 Å². The zero-order valence-electron chi connectivity index (χ0n) is 13.8. The molecule has 1 aromatic carbocycles. The predicted molar refractivity (Wildman–Crippen MR) is 92.4 cm³/mol. The molecule has 0 aliphatic heterocycles. The van der Waals surface area contributed by atoms with Crippen molar-refractivity contribution < 1.29 is 9.90 Å². The molecule has 1 fully saturated rings. The highest BCUT2D eigenvalue weighted by atomic mass is 32.2. The fourth-order valence-corrected chi connectivity index (χ4v) is 3.15. The highest BCUT2D eigenvalue weighted by molar-refractivity contribution is 8.00. The van der Waals surface area contributed by atoms with Crippen LogP contribution in [0.1, 0.15) is 33.6 Å². The van der Waals surface area contributed by atoms with Gasteiger partial charge in [0, 0.05) is 28.9 Å². The number of carbonyl (C=O) groups is 1. The van der Waals surface area contributed by atoms with Crippen LogP contribution in [0.15, 0.2) is 29.2 Å². The zero-order valence-corrected chi connectivity index (χ0v) is 14.6. The van der Waals surface area contributed by atoms with Crippen LogP contribution in [0.2, 0.25) is 0 Å². The molecular weight excluding hydrogens is 296 g/mol. The second kappa shape index (κ2) is 6.92.